The van der Waals surface area contributed by atoms with E-state index in [9.17, 15) is 4.79 Å². The maximum Gasteiger partial charge on any atom is 0.261 e. The van der Waals surface area contributed by atoms with Crippen molar-refractivity contribution in [2.24, 2.45) is 7.05 Å². The zero-order chi connectivity index (χ0) is 20.3. The molecule has 7 nitrogen and oxygen atoms in total. The largest absolute Gasteiger partial charge is 0.496 e. The first-order valence-electron chi connectivity index (χ1n) is 9.65. The topological polar surface area (TPSA) is 59.8 Å². The number of hydrogen-bond donors (Lipinski definition) is 0. The van der Waals surface area contributed by atoms with Gasteiger partial charge < -0.3 is 19.3 Å². The number of amides is 1. The SMILES string of the molecule is COc1cccc(OC)c1C(=O)N1CCCCC1c1cc(CN(C)C)n(C)n1. The average Bonchev–Trinajstić information content (AvgIpc) is 3.06. The van der Waals surface area contributed by atoms with E-state index >= 15 is 0 Å². The maximum atomic E-state index is 13.5. The summed E-state index contributed by atoms with van der Waals surface area (Å²) in [6.45, 7) is 1.51. The number of nitrogens with zero attached hydrogens (tertiary/aromatic N) is 4. The van der Waals surface area contributed by atoms with E-state index in [4.69, 9.17) is 14.6 Å². The molecule has 0 radical (unpaired) electrons. The molecule has 0 N–H and O–H groups in total. The highest BCUT2D eigenvalue weighted by Gasteiger charge is 2.33. The van der Waals surface area contributed by atoms with Gasteiger partial charge in [-0.1, -0.05) is 6.07 Å². The third kappa shape index (κ3) is 3.99. The maximum absolute atomic E-state index is 13.5. The van der Waals surface area contributed by atoms with Gasteiger partial charge in [0.1, 0.15) is 17.1 Å². The van der Waals surface area contributed by atoms with Crippen molar-refractivity contribution in [2.75, 3.05) is 34.9 Å². The van der Waals surface area contributed by atoms with Gasteiger partial charge in [0, 0.05) is 20.1 Å². The van der Waals surface area contributed by atoms with Crippen molar-refractivity contribution in [2.45, 2.75) is 31.8 Å². The van der Waals surface area contributed by atoms with Gasteiger partial charge in [-0.05, 0) is 51.6 Å². The van der Waals surface area contributed by atoms with Crippen molar-refractivity contribution in [1.82, 2.24) is 19.6 Å². The van der Waals surface area contributed by atoms with E-state index in [-0.39, 0.29) is 11.9 Å². The fraction of sp³-hybridized carbons (Fsp3) is 0.524. The van der Waals surface area contributed by atoms with E-state index in [1.54, 1.807) is 26.4 Å². The van der Waals surface area contributed by atoms with Gasteiger partial charge in [-0.2, -0.15) is 5.10 Å². The Morgan fingerprint density at radius 3 is 2.50 bits per heavy atom. The van der Waals surface area contributed by atoms with Crippen molar-refractivity contribution in [3.8, 4) is 11.5 Å². The van der Waals surface area contributed by atoms with Crippen LogP contribution in [0, 0.1) is 0 Å². The van der Waals surface area contributed by atoms with Gasteiger partial charge in [0.15, 0.2) is 0 Å². The molecule has 28 heavy (non-hydrogen) atoms. The number of rotatable bonds is 6. The number of benzene rings is 1. The smallest absolute Gasteiger partial charge is 0.261 e. The molecule has 1 aliphatic heterocycles. The lowest BCUT2D eigenvalue weighted by Gasteiger charge is -2.35. The molecule has 1 amide bonds. The molecule has 1 saturated heterocycles. The molecule has 152 valence electrons. The van der Waals surface area contributed by atoms with E-state index in [2.05, 4.69) is 11.0 Å². The number of carbonyl (C=O) groups excluding carboxylic acids is 1. The number of methoxy groups -OCH3 is 2. The van der Waals surface area contributed by atoms with Crippen LogP contribution in [-0.2, 0) is 13.6 Å². The molecule has 1 aromatic heterocycles. The summed E-state index contributed by atoms with van der Waals surface area (Å²) in [5.74, 6) is 0.991. The van der Waals surface area contributed by atoms with E-state index in [0.717, 1.165) is 37.2 Å². The van der Waals surface area contributed by atoms with Crippen molar-refractivity contribution in [1.29, 1.82) is 0 Å². The Hall–Kier alpha value is -2.54. The lowest BCUT2D eigenvalue weighted by atomic mass is 9.97. The molecular weight excluding hydrogens is 356 g/mol. The number of piperidine rings is 1. The van der Waals surface area contributed by atoms with Gasteiger partial charge in [-0.15, -0.1) is 0 Å². The van der Waals surface area contributed by atoms with Crippen LogP contribution < -0.4 is 9.47 Å². The van der Waals surface area contributed by atoms with Crippen LogP contribution >= 0.6 is 0 Å². The molecule has 0 spiro atoms. The van der Waals surface area contributed by atoms with Crippen LogP contribution in [0.3, 0.4) is 0 Å². The van der Waals surface area contributed by atoms with Crippen LogP contribution in [0.4, 0.5) is 0 Å². The summed E-state index contributed by atoms with van der Waals surface area (Å²) in [5.41, 5.74) is 2.55. The second kappa shape index (κ2) is 8.65. The summed E-state index contributed by atoms with van der Waals surface area (Å²) in [5, 5.41) is 4.73. The summed E-state index contributed by atoms with van der Waals surface area (Å²) in [6, 6.07) is 7.50. The number of ether oxygens (including phenoxy) is 2. The molecule has 3 rings (SSSR count). The van der Waals surface area contributed by atoms with E-state index < -0.39 is 0 Å². The van der Waals surface area contributed by atoms with Crippen LogP contribution in [0.5, 0.6) is 11.5 Å². The molecule has 0 bridgehead atoms. The predicted octanol–water partition coefficient (Wildman–Crippen LogP) is 2.87. The normalized spacial score (nSPS) is 17.1. The number of hydrogen-bond acceptors (Lipinski definition) is 5. The molecule has 2 aromatic rings. The molecule has 1 unspecified atom stereocenters. The van der Waals surface area contributed by atoms with Crippen LogP contribution in [0.2, 0.25) is 0 Å². The van der Waals surface area contributed by atoms with Crippen molar-refractivity contribution in [3.63, 3.8) is 0 Å². The van der Waals surface area contributed by atoms with Crippen molar-refractivity contribution < 1.29 is 14.3 Å². The highest BCUT2D eigenvalue weighted by Crippen LogP contribution is 2.36. The Morgan fingerprint density at radius 1 is 1.21 bits per heavy atom. The van der Waals surface area contributed by atoms with Gasteiger partial charge in [-0.25, -0.2) is 0 Å². The first-order chi connectivity index (χ1) is 13.5. The minimum absolute atomic E-state index is 0.0435. The first-order valence-corrected chi connectivity index (χ1v) is 9.65. The van der Waals surface area contributed by atoms with Crippen molar-refractivity contribution in [3.05, 3.63) is 41.2 Å². The highest BCUT2D eigenvalue weighted by molar-refractivity contribution is 6.00. The Bertz CT molecular complexity index is 809. The predicted molar refractivity (Wildman–Crippen MR) is 108 cm³/mol. The quantitative estimate of drug-likeness (QED) is 0.764. The summed E-state index contributed by atoms with van der Waals surface area (Å²) < 4.78 is 12.8. The number of aromatic nitrogens is 2. The lowest BCUT2D eigenvalue weighted by molar-refractivity contribution is 0.0598. The molecule has 1 fully saturated rings. The molecule has 0 saturated carbocycles. The van der Waals surface area contributed by atoms with E-state index in [0.29, 0.717) is 23.6 Å². The summed E-state index contributed by atoms with van der Waals surface area (Å²) >= 11 is 0. The minimum Gasteiger partial charge on any atom is -0.496 e. The third-order valence-corrected chi connectivity index (χ3v) is 5.22. The second-order valence-corrected chi connectivity index (χ2v) is 7.47. The number of likely N-dealkylation sites (tertiary alicyclic amines) is 1. The average molecular weight is 386 g/mol. The zero-order valence-electron chi connectivity index (χ0n) is 17.4. The van der Waals surface area contributed by atoms with Crippen LogP contribution in [-0.4, -0.2) is 60.3 Å². The van der Waals surface area contributed by atoms with Crippen LogP contribution in [0.1, 0.15) is 47.1 Å². The Morgan fingerprint density at radius 2 is 1.89 bits per heavy atom. The molecule has 1 aliphatic rings. The summed E-state index contributed by atoms with van der Waals surface area (Å²) in [7, 11) is 9.19. The van der Waals surface area contributed by atoms with Gasteiger partial charge in [0.2, 0.25) is 0 Å². The van der Waals surface area contributed by atoms with Gasteiger partial charge in [0.25, 0.3) is 5.91 Å². The summed E-state index contributed by atoms with van der Waals surface area (Å²) in [4.78, 5) is 17.6. The molecule has 0 aliphatic carbocycles. The fourth-order valence-corrected chi connectivity index (χ4v) is 3.85. The highest BCUT2D eigenvalue weighted by atomic mass is 16.5. The monoisotopic (exact) mass is 386 g/mol. The minimum atomic E-state index is -0.0705. The summed E-state index contributed by atoms with van der Waals surface area (Å²) in [6.07, 6.45) is 2.97. The number of aryl methyl sites for hydroxylation is 1. The second-order valence-electron chi connectivity index (χ2n) is 7.47. The Balaban J connectivity index is 1.96. The molecule has 7 heteroatoms. The van der Waals surface area contributed by atoms with Crippen LogP contribution in [0.15, 0.2) is 24.3 Å². The van der Waals surface area contributed by atoms with Gasteiger partial charge in [-0.3, -0.25) is 9.48 Å². The van der Waals surface area contributed by atoms with Crippen molar-refractivity contribution >= 4 is 5.91 Å². The van der Waals surface area contributed by atoms with E-state index in [1.165, 1.54) is 0 Å². The Labute approximate surface area is 166 Å². The van der Waals surface area contributed by atoms with Gasteiger partial charge >= 0.3 is 0 Å². The molecular formula is C21H30N4O3. The van der Waals surface area contributed by atoms with E-state index in [1.807, 2.05) is 36.8 Å². The third-order valence-electron chi connectivity index (χ3n) is 5.22. The van der Waals surface area contributed by atoms with Crippen LogP contribution in [0.25, 0.3) is 0 Å². The standard InChI is InChI=1S/C21H30N4O3/c1-23(2)14-15-13-16(22-24(15)3)17-9-6-7-12-25(17)21(26)20-18(27-4)10-8-11-19(20)28-5/h8,10-11,13,17H,6-7,9,12,14H2,1-5H3. The zero-order valence-corrected chi connectivity index (χ0v) is 17.4. The molecule has 2 heterocycles. The number of carbonyl (C=O) groups is 1. The first kappa shape index (κ1) is 20.2. The van der Waals surface area contributed by atoms with Gasteiger partial charge in [0.05, 0.1) is 31.6 Å². The molecule has 1 atom stereocenters. The lowest BCUT2D eigenvalue weighted by Crippen LogP contribution is -2.39. The molecule has 1 aromatic carbocycles. The Kier molecular flexibility index (Phi) is 6.24. The fourth-order valence-electron chi connectivity index (χ4n) is 3.85.